The zero-order valence-corrected chi connectivity index (χ0v) is 15.8. The Morgan fingerprint density at radius 1 is 1.18 bits per heavy atom. The maximum absolute atomic E-state index is 12.7. The zero-order chi connectivity index (χ0) is 19.7. The van der Waals surface area contributed by atoms with Crippen molar-refractivity contribution in [3.63, 3.8) is 0 Å². The third-order valence-corrected chi connectivity index (χ3v) is 5.74. The van der Waals surface area contributed by atoms with Gasteiger partial charge in [0.1, 0.15) is 0 Å². The number of esters is 1. The first-order chi connectivity index (χ1) is 13.5. The number of sulfonamides is 1. The van der Waals surface area contributed by atoms with E-state index in [0.717, 1.165) is 18.4 Å². The largest absolute Gasteiger partial charge is 0.465 e. The molecule has 28 heavy (non-hydrogen) atoms. The Morgan fingerprint density at radius 2 is 1.93 bits per heavy atom. The van der Waals surface area contributed by atoms with Gasteiger partial charge >= 0.3 is 5.97 Å². The highest BCUT2D eigenvalue weighted by atomic mass is 32.2. The number of ether oxygens (including phenoxy) is 1. The third kappa shape index (κ3) is 3.58. The van der Waals surface area contributed by atoms with Crippen LogP contribution in [-0.2, 0) is 14.8 Å². The monoisotopic (exact) mass is 399 g/mol. The van der Waals surface area contributed by atoms with Crippen LogP contribution in [0.2, 0.25) is 0 Å². The van der Waals surface area contributed by atoms with Crippen LogP contribution in [0.4, 0.5) is 5.69 Å². The molecular formula is C18H17N5O4S. The molecule has 0 spiro atoms. The van der Waals surface area contributed by atoms with E-state index in [1.54, 1.807) is 22.9 Å². The van der Waals surface area contributed by atoms with Gasteiger partial charge in [0, 0.05) is 11.3 Å². The molecule has 0 bridgehead atoms. The number of carbonyl (C=O) groups is 1. The molecule has 9 nitrogen and oxygen atoms in total. The summed E-state index contributed by atoms with van der Waals surface area (Å²) < 4.78 is 34.2. The molecular weight excluding hydrogens is 382 g/mol. The van der Waals surface area contributed by atoms with Crippen LogP contribution in [0.3, 0.4) is 0 Å². The summed E-state index contributed by atoms with van der Waals surface area (Å²) in [6.45, 7) is 0. The number of nitrogens with zero attached hydrogens (tertiary/aromatic N) is 4. The second-order valence-corrected chi connectivity index (χ2v) is 8.06. The van der Waals surface area contributed by atoms with Gasteiger partial charge < -0.3 is 4.74 Å². The van der Waals surface area contributed by atoms with Crippen molar-refractivity contribution < 1.29 is 17.9 Å². The fourth-order valence-corrected chi connectivity index (χ4v) is 3.82. The molecule has 1 N–H and O–H groups in total. The number of methoxy groups -OCH3 is 1. The molecule has 0 unspecified atom stereocenters. The van der Waals surface area contributed by atoms with Crippen LogP contribution in [0.25, 0.3) is 11.4 Å². The SMILES string of the molecule is COC(=O)c1ccc(S(=O)(=O)Nc2cccc(-c3nnnn3C3CC3)c2)cc1. The first-order valence-electron chi connectivity index (χ1n) is 8.57. The van der Waals surface area contributed by atoms with Crippen molar-refractivity contribution in [2.45, 2.75) is 23.8 Å². The molecule has 0 radical (unpaired) electrons. The van der Waals surface area contributed by atoms with E-state index in [-0.39, 0.29) is 10.5 Å². The fraction of sp³-hybridized carbons (Fsp3) is 0.222. The van der Waals surface area contributed by atoms with E-state index in [1.165, 1.54) is 31.4 Å². The lowest BCUT2D eigenvalue weighted by Gasteiger charge is -2.10. The highest BCUT2D eigenvalue weighted by molar-refractivity contribution is 7.92. The average Bonchev–Trinajstić information content (AvgIpc) is 3.43. The predicted octanol–water partition coefficient (Wildman–Crippen LogP) is 2.26. The molecule has 0 atom stereocenters. The van der Waals surface area contributed by atoms with Gasteiger partial charge in [-0.25, -0.2) is 17.9 Å². The van der Waals surface area contributed by atoms with Crippen molar-refractivity contribution in [1.29, 1.82) is 0 Å². The van der Waals surface area contributed by atoms with Gasteiger partial charge in [-0.05, 0) is 59.7 Å². The lowest BCUT2D eigenvalue weighted by molar-refractivity contribution is 0.0600. The van der Waals surface area contributed by atoms with Crippen LogP contribution in [0.1, 0.15) is 29.2 Å². The molecule has 1 heterocycles. The zero-order valence-electron chi connectivity index (χ0n) is 14.9. The Labute approximate surface area is 161 Å². The summed E-state index contributed by atoms with van der Waals surface area (Å²) in [6.07, 6.45) is 2.07. The Kier molecular flexibility index (Phi) is 4.55. The van der Waals surface area contributed by atoms with E-state index in [9.17, 15) is 13.2 Å². The summed E-state index contributed by atoms with van der Waals surface area (Å²) in [4.78, 5) is 11.5. The summed E-state index contributed by atoms with van der Waals surface area (Å²) in [5.41, 5.74) is 1.38. The minimum Gasteiger partial charge on any atom is -0.465 e. The molecule has 1 saturated carbocycles. The van der Waals surface area contributed by atoms with Crippen molar-refractivity contribution in [2.75, 3.05) is 11.8 Å². The Bertz CT molecular complexity index is 1120. The van der Waals surface area contributed by atoms with Gasteiger partial charge in [0.25, 0.3) is 10.0 Å². The van der Waals surface area contributed by atoms with Crippen LogP contribution in [0.15, 0.2) is 53.4 Å². The second kappa shape index (κ2) is 7.04. The van der Waals surface area contributed by atoms with Crippen LogP contribution in [0, 0.1) is 0 Å². The molecule has 1 aliphatic rings. The molecule has 4 rings (SSSR count). The van der Waals surface area contributed by atoms with Gasteiger partial charge in [0.05, 0.1) is 23.6 Å². The molecule has 1 aliphatic carbocycles. The highest BCUT2D eigenvalue weighted by Crippen LogP contribution is 2.36. The van der Waals surface area contributed by atoms with Gasteiger partial charge in [-0.3, -0.25) is 4.72 Å². The van der Waals surface area contributed by atoms with E-state index >= 15 is 0 Å². The summed E-state index contributed by atoms with van der Waals surface area (Å²) >= 11 is 0. The number of benzene rings is 2. The van der Waals surface area contributed by atoms with E-state index in [1.807, 2.05) is 6.07 Å². The van der Waals surface area contributed by atoms with Gasteiger partial charge in [-0.15, -0.1) is 5.10 Å². The Balaban J connectivity index is 1.58. The summed E-state index contributed by atoms with van der Waals surface area (Å²) in [5, 5.41) is 11.8. The number of hydrogen-bond acceptors (Lipinski definition) is 7. The topological polar surface area (TPSA) is 116 Å². The van der Waals surface area contributed by atoms with Crippen LogP contribution in [0.5, 0.6) is 0 Å². The molecule has 3 aromatic rings. The van der Waals surface area contributed by atoms with E-state index < -0.39 is 16.0 Å². The minimum atomic E-state index is -3.82. The Hall–Kier alpha value is -3.27. The van der Waals surface area contributed by atoms with Crippen LogP contribution >= 0.6 is 0 Å². The first kappa shape index (κ1) is 18.1. The van der Waals surface area contributed by atoms with E-state index in [2.05, 4.69) is 25.0 Å². The molecule has 1 fully saturated rings. The lowest BCUT2D eigenvalue weighted by atomic mass is 10.2. The standard InChI is InChI=1S/C18H17N5O4S/c1-27-18(24)12-5-9-16(10-6-12)28(25,26)20-14-4-2-3-13(11-14)17-19-21-22-23(17)15-7-8-15/h2-6,9-11,15,20H,7-8H2,1H3. The third-order valence-electron chi connectivity index (χ3n) is 4.34. The number of aromatic nitrogens is 4. The molecule has 144 valence electrons. The van der Waals surface area contributed by atoms with Gasteiger partial charge in [-0.1, -0.05) is 12.1 Å². The van der Waals surface area contributed by atoms with Crippen LogP contribution < -0.4 is 4.72 Å². The number of rotatable bonds is 6. The quantitative estimate of drug-likeness (QED) is 0.632. The van der Waals surface area contributed by atoms with Gasteiger partial charge in [0.15, 0.2) is 5.82 Å². The second-order valence-electron chi connectivity index (χ2n) is 6.38. The number of carbonyl (C=O) groups excluding carboxylic acids is 1. The van der Waals surface area contributed by atoms with Gasteiger partial charge in [-0.2, -0.15) is 0 Å². The van der Waals surface area contributed by atoms with Crippen molar-refractivity contribution in [3.05, 3.63) is 54.1 Å². The normalized spacial score (nSPS) is 13.9. The maximum Gasteiger partial charge on any atom is 0.337 e. The first-order valence-corrected chi connectivity index (χ1v) is 10.1. The van der Waals surface area contributed by atoms with E-state index in [0.29, 0.717) is 17.6 Å². The van der Waals surface area contributed by atoms with Gasteiger partial charge in [0.2, 0.25) is 0 Å². The lowest BCUT2D eigenvalue weighted by Crippen LogP contribution is -2.13. The fourth-order valence-electron chi connectivity index (χ4n) is 2.77. The van der Waals surface area contributed by atoms with Crippen molar-refractivity contribution in [3.8, 4) is 11.4 Å². The average molecular weight is 399 g/mol. The minimum absolute atomic E-state index is 0.0355. The number of tetrazole rings is 1. The molecule has 0 amide bonds. The summed E-state index contributed by atoms with van der Waals surface area (Å²) in [7, 11) is -2.56. The number of hydrogen-bond donors (Lipinski definition) is 1. The number of nitrogens with one attached hydrogen (secondary N) is 1. The smallest absolute Gasteiger partial charge is 0.337 e. The molecule has 0 aliphatic heterocycles. The molecule has 2 aromatic carbocycles. The van der Waals surface area contributed by atoms with Crippen molar-refractivity contribution in [1.82, 2.24) is 20.2 Å². The highest BCUT2D eigenvalue weighted by Gasteiger charge is 2.28. The Morgan fingerprint density at radius 3 is 2.61 bits per heavy atom. The van der Waals surface area contributed by atoms with Crippen molar-refractivity contribution >= 4 is 21.7 Å². The predicted molar refractivity (Wildman–Crippen MR) is 100 cm³/mol. The van der Waals surface area contributed by atoms with E-state index in [4.69, 9.17) is 0 Å². The molecule has 0 saturated heterocycles. The van der Waals surface area contributed by atoms with Crippen molar-refractivity contribution in [2.24, 2.45) is 0 Å². The number of anilines is 1. The maximum atomic E-state index is 12.7. The summed E-state index contributed by atoms with van der Waals surface area (Å²) in [6, 6.07) is 12.7. The van der Waals surface area contributed by atoms with Crippen LogP contribution in [-0.4, -0.2) is 41.7 Å². The molecule has 1 aromatic heterocycles. The molecule has 10 heteroatoms. The summed E-state index contributed by atoms with van der Waals surface area (Å²) in [5.74, 6) is 0.0731.